The first-order valence-electron chi connectivity index (χ1n) is 30.4. The molecular weight excluding hydrogens is 1140 g/mol. The fourth-order valence-electron chi connectivity index (χ4n) is 10.6. The van der Waals surface area contributed by atoms with Crippen molar-refractivity contribution in [2.45, 2.75) is 141 Å². The first kappa shape index (κ1) is 72.6. The van der Waals surface area contributed by atoms with Gasteiger partial charge >= 0.3 is 23.9 Å². The lowest BCUT2D eigenvalue weighted by Crippen LogP contribution is -2.60. The molecule has 2 aromatic carbocycles. The summed E-state index contributed by atoms with van der Waals surface area (Å²) in [6.45, 7) is 11.0. The number of carbonyl (C=O) groups is 9. The minimum atomic E-state index is -1.25. The molecule has 0 bridgehead atoms. The zero-order chi connectivity index (χ0) is 64.0. The van der Waals surface area contributed by atoms with E-state index in [9.17, 15) is 63.6 Å². The number of nitrogens with two attached hydrogens (primary N) is 2. The van der Waals surface area contributed by atoms with Crippen LogP contribution in [-0.4, -0.2) is 231 Å². The normalized spacial score (nSPS) is 17.9. The molecule has 14 N–H and O–H groups in total. The number of hydrogen-bond donors (Lipinski definition) is 12. The van der Waals surface area contributed by atoms with Gasteiger partial charge in [-0.05, 0) is 118 Å². The van der Waals surface area contributed by atoms with Crippen molar-refractivity contribution in [3.8, 4) is 0 Å². The Bertz CT molecular complexity index is 2520. The number of carboxylic acids is 4. The summed E-state index contributed by atoms with van der Waals surface area (Å²) in [6, 6.07) is 9.78. The van der Waals surface area contributed by atoms with E-state index in [-0.39, 0.29) is 76.0 Å². The van der Waals surface area contributed by atoms with Crippen molar-refractivity contribution in [2.75, 3.05) is 96.9 Å². The molecule has 4 rings (SSSR count). The number of likely N-dealkylation sites (tertiary alicyclic amines) is 1. The largest absolute Gasteiger partial charge is 0.480 e. The molecule has 484 valence electrons. The number of carbonyl (C=O) groups excluding carboxylic acids is 5. The Balaban J connectivity index is 1.46. The van der Waals surface area contributed by atoms with Crippen molar-refractivity contribution >= 4 is 76.4 Å². The van der Waals surface area contributed by atoms with Crippen LogP contribution in [0.4, 0.5) is 5.69 Å². The number of amides is 5. The smallest absolute Gasteiger partial charge is 0.326 e. The molecular formula is C60H95N13O13S. The van der Waals surface area contributed by atoms with Gasteiger partial charge in [-0.25, -0.2) is 4.79 Å². The second-order valence-electron chi connectivity index (χ2n) is 23.1. The van der Waals surface area contributed by atoms with Gasteiger partial charge in [0.25, 0.3) is 0 Å². The molecule has 0 radical (unpaired) electrons. The summed E-state index contributed by atoms with van der Waals surface area (Å²) < 4.78 is 0. The number of hydrogen-bond acceptors (Lipinski definition) is 16. The number of nitrogens with one attached hydrogen (secondary N) is 6. The van der Waals surface area contributed by atoms with Gasteiger partial charge in [-0.15, -0.1) is 0 Å². The summed E-state index contributed by atoms with van der Waals surface area (Å²) in [7, 11) is 0. The van der Waals surface area contributed by atoms with E-state index in [0.29, 0.717) is 115 Å². The molecule has 0 spiro atoms. The zero-order valence-corrected chi connectivity index (χ0v) is 51.8. The fraction of sp³-hybridized carbons (Fsp3) is 0.633. The Labute approximate surface area is 516 Å². The van der Waals surface area contributed by atoms with Gasteiger partial charge in [-0.1, -0.05) is 76.6 Å². The standard InChI is InChI=1S/C60H95N13O13S/c1-5-41(4)53(57(83)64-45(16-9-11-23-61)54(80)65-46(17-10-12-24-62)58(84)73-25-13-18-49(73)56(82)66-48(59(85)86)35-42-14-7-6-8-15-42)68-55(81)47(34-40(2)3)67-60(87)63-44-21-19-43(20-22-44)36-69-26-28-70(37-50(74)75)30-32-72(39-52(78)79)33-31-71(29-27-69)38-51(76)77/h6-8,14-15,19-22,40-41,45-49,53H,5,9-13,16-18,23-39,61-62H2,1-4H3,(H,64,83)(H,65,80)(H,66,82)(H,68,81)(H,74,75)(H,76,77)(H,78,79)(H,85,86)(H2,63,67,87)/t41-,45-,46-,47-,48-,49-,53-/m0/s1. The maximum atomic E-state index is 14.5. The molecule has 87 heavy (non-hydrogen) atoms. The average Bonchev–Trinajstić information content (AvgIpc) is 2.17. The van der Waals surface area contributed by atoms with Crippen LogP contribution in [0.3, 0.4) is 0 Å². The summed E-state index contributed by atoms with van der Waals surface area (Å²) in [5.74, 6) is -7.59. The molecule has 26 nitrogen and oxygen atoms in total. The van der Waals surface area contributed by atoms with E-state index < -0.39 is 95.6 Å². The molecule has 0 aliphatic carbocycles. The molecule has 2 aromatic rings. The Morgan fingerprint density at radius 1 is 0.575 bits per heavy atom. The van der Waals surface area contributed by atoms with Crippen LogP contribution in [0.15, 0.2) is 54.6 Å². The summed E-state index contributed by atoms with van der Waals surface area (Å²) >= 11 is 5.75. The minimum absolute atomic E-state index is 0.00122. The van der Waals surface area contributed by atoms with Crippen LogP contribution in [0.2, 0.25) is 0 Å². The fourth-order valence-corrected chi connectivity index (χ4v) is 10.8. The SMILES string of the molecule is CC[C@H](C)[C@H](NC(=O)[C@H](CC(C)C)NC(=S)Nc1ccc(CN2CCN(CC(=O)O)CCN(CC(=O)O)CCN(CC(=O)O)CC2)cc1)C(=O)N[C@@H](CCCCN)C(=O)N[C@@H](CCCCN)C(=O)N1CCC[C@H]1C(=O)N[C@@H](Cc1ccccc1)C(=O)O. The monoisotopic (exact) mass is 1240 g/mol. The highest BCUT2D eigenvalue weighted by atomic mass is 32.1. The lowest BCUT2D eigenvalue weighted by atomic mass is 9.96. The number of anilines is 1. The van der Waals surface area contributed by atoms with E-state index in [1.54, 1.807) is 45.0 Å². The van der Waals surface area contributed by atoms with E-state index in [0.717, 1.165) is 5.56 Å². The van der Waals surface area contributed by atoms with Crippen LogP contribution in [0.5, 0.6) is 0 Å². The van der Waals surface area contributed by atoms with Crippen molar-refractivity contribution in [2.24, 2.45) is 23.3 Å². The molecule has 2 heterocycles. The maximum absolute atomic E-state index is 14.5. The van der Waals surface area contributed by atoms with Crippen molar-refractivity contribution in [1.82, 2.24) is 51.1 Å². The van der Waals surface area contributed by atoms with Crippen molar-refractivity contribution in [1.29, 1.82) is 0 Å². The molecule has 2 saturated heterocycles. The third kappa shape index (κ3) is 26.6. The third-order valence-electron chi connectivity index (χ3n) is 15.6. The molecule has 2 aliphatic heterocycles. The highest BCUT2D eigenvalue weighted by Gasteiger charge is 2.40. The van der Waals surface area contributed by atoms with Gasteiger partial charge in [0.2, 0.25) is 29.5 Å². The maximum Gasteiger partial charge on any atom is 0.326 e. The number of benzene rings is 2. The third-order valence-corrected chi connectivity index (χ3v) is 15.8. The van der Waals surface area contributed by atoms with Crippen LogP contribution < -0.4 is 43.4 Å². The van der Waals surface area contributed by atoms with Crippen LogP contribution >= 0.6 is 12.2 Å². The first-order valence-corrected chi connectivity index (χ1v) is 30.8. The van der Waals surface area contributed by atoms with E-state index in [1.165, 1.54) is 4.90 Å². The number of nitrogens with zero attached hydrogens (tertiary/aromatic N) is 5. The Kier molecular flexibility index (Phi) is 32.0. The second-order valence-corrected chi connectivity index (χ2v) is 23.5. The number of carboxylic acid groups (broad SMARTS) is 4. The summed E-state index contributed by atoms with van der Waals surface area (Å²) in [4.78, 5) is 128. The van der Waals surface area contributed by atoms with E-state index in [4.69, 9.17) is 23.7 Å². The zero-order valence-electron chi connectivity index (χ0n) is 51.0. The van der Waals surface area contributed by atoms with Gasteiger partial charge in [-0.2, -0.15) is 0 Å². The lowest BCUT2D eigenvalue weighted by molar-refractivity contribution is -0.145. The van der Waals surface area contributed by atoms with Gasteiger partial charge in [0.1, 0.15) is 36.3 Å². The topological polar surface area (TPSA) is 375 Å². The van der Waals surface area contributed by atoms with E-state index >= 15 is 0 Å². The van der Waals surface area contributed by atoms with Crippen molar-refractivity contribution in [3.05, 3.63) is 65.7 Å². The van der Waals surface area contributed by atoms with Crippen LogP contribution in [0.1, 0.15) is 103 Å². The van der Waals surface area contributed by atoms with E-state index in [1.807, 2.05) is 52.0 Å². The number of unbranched alkanes of at least 4 members (excludes halogenated alkanes) is 2. The first-order chi connectivity index (χ1) is 41.5. The van der Waals surface area contributed by atoms with Gasteiger partial charge in [0, 0.05) is 77.6 Å². The highest BCUT2D eigenvalue weighted by Crippen LogP contribution is 2.22. The molecule has 2 fully saturated rings. The molecule has 0 aromatic heterocycles. The van der Waals surface area contributed by atoms with Gasteiger partial charge in [0.05, 0.1) is 19.6 Å². The lowest BCUT2D eigenvalue weighted by Gasteiger charge is -2.33. The molecule has 0 saturated carbocycles. The van der Waals surface area contributed by atoms with Gasteiger partial charge < -0.3 is 68.7 Å². The second kappa shape index (κ2) is 38.4. The average molecular weight is 1240 g/mol. The Morgan fingerprint density at radius 3 is 1.57 bits per heavy atom. The molecule has 0 unspecified atom stereocenters. The summed E-state index contributed by atoms with van der Waals surface area (Å²) in [5, 5.41) is 56.6. The predicted octanol–water partition coefficient (Wildman–Crippen LogP) is 0.925. The van der Waals surface area contributed by atoms with Crippen molar-refractivity contribution < 1.29 is 63.6 Å². The van der Waals surface area contributed by atoms with Gasteiger partial charge in [0.15, 0.2) is 5.11 Å². The molecule has 27 heteroatoms. The highest BCUT2D eigenvalue weighted by molar-refractivity contribution is 7.80. The quantitative estimate of drug-likeness (QED) is 0.0342. The minimum Gasteiger partial charge on any atom is -0.480 e. The summed E-state index contributed by atoms with van der Waals surface area (Å²) in [6.07, 6.45) is 3.89. The number of aliphatic carboxylic acids is 4. The molecule has 7 atom stereocenters. The number of thiocarbonyl (C=S) groups is 1. The Morgan fingerprint density at radius 2 is 1.08 bits per heavy atom. The van der Waals surface area contributed by atoms with E-state index in [2.05, 4.69) is 36.8 Å². The van der Waals surface area contributed by atoms with Crippen molar-refractivity contribution in [3.63, 3.8) is 0 Å². The Hall–Kier alpha value is -6.88. The molecule has 2 aliphatic rings. The van der Waals surface area contributed by atoms with Crippen LogP contribution in [-0.2, 0) is 56.1 Å². The molecule has 5 amide bonds. The van der Waals surface area contributed by atoms with Crippen LogP contribution in [0.25, 0.3) is 0 Å². The predicted molar refractivity (Wildman–Crippen MR) is 332 cm³/mol. The summed E-state index contributed by atoms with van der Waals surface area (Å²) in [5.41, 5.74) is 13.9. The van der Waals surface area contributed by atoms with Gasteiger partial charge in [-0.3, -0.25) is 58.0 Å². The van der Waals surface area contributed by atoms with Crippen LogP contribution in [0, 0.1) is 11.8 Å². The number of rotatable bonds is 34.